The van der Waals surface area contributed by atoms with Crippen molar-refractivity contribution in [3.8, 4) is 0 Å². The van der Waals surface area contributed by atoms with Crippen LogP contribution < -0.4 is 11.1 Å². The van der Waals surface area contributed by atoms with Crippen LogP contribution in [0.1, 0.15) is 26.2 Å². The summed E-state index contributed by atoms with van der Waals surface area (Å²) in [5.74, 6) is 0.309. The molecule has 0 saturated heterocycles. The largest absolute Gasteiger partial charge is 0.371 e. The van der Waals surface area contributed by atoms with E-state index in [1.165, 1.54) is 12.8 Å². The van der Waals surface area contributed by atoms with E-state index in [0.717, 1.165) is 12.1 Å². The number of primary amides is 1. The van der Waals surface area contributed by atoms with Crippen molar-refractivity contribution < 1.29 is 4.79 Å². The molecule has 3 N–H and O–H groups in total. The van der Waals surface area contributed by atoms with Gasteiger partial charge in [0.05, 0.1) is 0 Å². The summed E-state index contributed by atoms with van der Waals surface area (Å²) in [7, 11) is 0. The zero-order valence-corrected chi connectivity index (χ0v) is 10.6. The molecule has 1 aliphatic carbocycles. The molecule has 1 fully saturated rings. The van der Waals surface area contributed by atoms with Crippen LogP contribution in [0.3, 0.4) is 0 Å². The Balaban J connectivity index is 2.13. The third-order valence-corrected chi connectivity index (χ3v) is 3.42. The van der Waals surface area contributed by atoms with Crippen LogP contribution in [0.2, 0.25) is 5.02 Å². The highest BCUT2D eigenvalue weighted by atomic mass is 35.5. The molecule has 1 aromatic rings. The lowest BCUT2D eigenvalue weighted by molar-refractivity contribution is -0.122. The fourth-order valence-electron chi connectivity index (χ4n) is 2.00. The van der Waals surface area contributed by atoms with Crippen molar-refractivity contribution in [3.63, 3.8) is 0 Å². The van der Waals surface area contributed by atoms with E-state index in [-0.39, 0.29) is 5.91 Å². The average Bonchev–Trinajstić information content (AvgIpc) is 3.01. The Bertz CT molecular complexity index is 431. The Labute approximate surface area is 106 Å². The fourth-order valence-corrected chi connectivity index (χ4v) is 2.19. The van der Waals surface area contributed by atoms with Crippen LogP contribution in [-0.4, -0.2) is 11.4 Å². The molecule has 1 unspecified atom stereocenters. The molecular formula is C13H17ClN2O. The standard InChI is InChI=1S/C13H17ClN2O/c1-13(12(15)17,8-9-5-6-9)16-11-4-2-3-10(14)7-11/h2-4,7,9,16H,5-6,8H2,1H3,(H2,15,17). The van der Waals surface area contributed by atoms with Crippen molar-refractivity contribution in [2.45, 2.75) is 31.7 Å². The number of nitrogens with one attached hydrogen (secondary N) is 1. The van der Waals surface area contributed by atoms with Crippen molar-refractivity contribution in [1.82, 2.24) is 0 Å². The molecule has 1 atom stereocenters. The Morgan fingerprint density at radius 1 is 1.59 bits per heavy atom. The maximum absolute atomic E-state index is 11.6. The van der Waals surface area contributed by atoms with Crippen LogP contribution >= 0.6 is 11.6 Å². The Kier molecular flexibility index (Phi) is 3.29. The van der Waals surface area contributed by atoms with Gasteiger partial charge in [-0.1, -0.05) is 30.5 Å². The van der Waals surface area contributed by atoms with E-state index in [2.05, 4.69) is 5.32 Å². The summed E-state index contributed by atoms with van der Waals surface area (Å²) in [5, 5.41) is 3.85. The number of nitrogens with two attached hydrogens (primary N) is 1. The first kappa shape index (κ1) is 12.2. The quantitative estimate of drug-likeness (QED) is 0.847. The van der Waals surface area contributed by atoms with Crippen LogP contribution in [0.5, 0.6) is 0 Å². The van der Waals surface area contributed by atoms with Gasteiger partial charge in [-0.15, -0.1) is 0 Å². The van der Waals surface area contributed by atoms with Gasteiger partial charge in [0.25, 0.3) is 0 Å². The van der Waals surface area contributed by atoms with Gasteiger partial charge < -0.3 is 11.1 Å². The number of hydrogen-bond donors (Lipinski definition) is 2. The summed E-state index contributed by atoms with van der Waals surface area (Å²) in [4.78, 5) is 11.6. The van der Waals surface area contributed by atoms with E-state index >= 15 is 0 Å². The first-order valence-corrected chi connectivity index (χ1v) is 6.21. The molecule has 1 amide bonds. The topological polar surface area (TPSA) is 55.1 Å². The van der Waals surface area contributed by atoms with Crippen LogP contribution in [0.4, 0.5) is 5.69 Å². The second kappa shape index (κ2) is 4.57. The maximum Gasteiger partial charge on any atom is 0.242 e. The highest BCUT2D eigenvalue weighted by molar-refractivity contribution is 6.30. The summed E-state index contributed by atoms with van der Waals surface area (Å²) in [6, 6.07) is 7.34. The number of benzene rings is 1. The van der Waals surface area contributed by atoms with Crippen LogP contribution in [0.25, 0.3) is 0 Å². The molecule has 0 bridgehead atoms. The monoisotopic (exact) mass is 252 g/mol. The predicted molar refractivity (Wildman–Crippen MR) is 70.0 cm³/mol. The number of hydrogen-bond acceptors (Lipinski definition) is 2. The molecule has 1 aliphatic rings. The summed E-state index contributed by atoms with van der Waals surface area (Å²) < 4.78 is 0. The van der Waals surface area contributed by atoms with Gasteiger partial charge in [0.15, 0.2) is 0 Å². The zero-order chi connectivity index (χ0) is 12.5. The van der Waals surface area contributed by atoms with Crippen molar-refractivity contribution in [1.29, 1.82) is 0 Å². The minimum atomic E-state index is -0.689. The van der Waals surface area contributed by atoms with Gasteiger partial charge in [0.2, 0.25) is 5.91 Å². The highest BCUT2D eigenvalue weighted by Crippen LogP contribution is 2.38. The molecule has 0 radical (unpaired) electrons. The van der Waals surface area contributed by atoms with Gasteiger partial charge in [-0.3, -0.25) is 4.79 Å². The second-order valence-corrected chi connectivity index (χ2v) is 5.42. The molecule has 92 valence electrons. The van der Waals surface area contributed by atoms with Gasteiger partial charge in [0, 0.05) is 10.7 Å². The first-order valence-electron chi connectivity index (χ1n) is 5.83. The van der Waals surface area contributed by atoms with E-state index in [0.29, 0.717) is 10.9 Å². The van der Waals surface area contributed by atoms with E-state index in [4.69, 9.17) is 17.3 Å². The van der Waals surface area contributed by atoms with Crippen LogP contribution in [0, 0.1) is 5.92 Å². The SMILES string of the molecule is CC(CC1CC1)(Nc1cccc(Cl)c1)C(N)=O. The number of halogens is 1. The number of carbonyl (C=O) groups is 1. The summed E-state index contributed by atoms with van der Waals surface area (Å²) in [6.07, 6.45) is 3.18. The lowest BCUT2D eigenvalue weighted by Gasteiger charge is -2.28. The molecule has 2 rings (SSSR count). The normalized spacial score (nSPS) is 18.5. The average molecular weight is 253 g/mol. The molecule has 3 nitrogen and oxygen atoms in total. The minimum absolute atomic E-state index is 0.315. The molecular weight excluding hydrogens is 236 g/mol. The predicted octanol–water partition coefficient (Wildman–Crippen LogP) is 2.80. The third kappa shape index (κ3) is 3.13. The van der Waals surface area contributed by atoms with Crippen molar-refractivity contribution >= 4 is 23.2 Å². The van der Waals surface area contributed by atoms with Crippen molar-refractivity contribution in [2.75, 3.05) is 5.32 Å². The Hall–Kier alpha value is -1.22. The fraction of sp³-hybridized carbons (Fsp3) is 0.462. The molecule has 0 aliphatic heterocycles. The van der Waals surface area contributed by atoms with Gasteiger partial charge >= 0.3 is 0 Å². The zero-order valence-electron chi connectivity index (χ0n) is 9.87. The summed E-state index contributed by atoms with van der Waals surface area (Å²) in [6.45, 7) is 1.86. The lowest BCUT2D eigenvalue weighted by Crippen LogP contribution is -2.48. The van der Waals surface area contributed by atoms with Gasteiger partial charge in [-0.2, -0.15) is 0 Å². The smallest absolute Gasteiger partial charge is 0.242 e. The van der Waals surface area contributed by atoms with E-state index in [9.17, 15) is 4.79 Å². The Morgan fingerprint density at radius 2 is 2.29 bits per heavy atom. The van der Waals surface area contributed by atoms with Crippen molar-refractivity contribution in [2.24, 2.45) is 11.7 Å². The molecule has 0 heterocycles. The van der Waals surface area contributed by atoms with E-state index in [1.54, 1.807) is 12.1 Å². The highest BCUT2D eigenvalue weighted by Gasteiger charge is 2.37. The van der Waals surface area contributed by atoms with Crippen LogP contribution in [0.15, 0.2) is 24.3 Å². The third-order valence-electron chi connectivity index (χ3n) is 3.18. The molecule has 1 saturated carbocycles. The molecule has 0 spiro atoms. The minimum Gasteiger partial charge on any atom is -0.371 e. The molecule has 17 heavy (non-hydrogen) atoms. The van der Waals surface area contributed by atoms with Crippen LogP contribution in [-0.2, 0) is 4.79 Å². The molecule has 1 aromatic carbocycles. The van der Waals surface area contributed by atoms with Gasteiger partial charge in [0.1, 0.15) is 5.54 Å². The number of carbonyl (C=O) groups excluding carboxylic acids is 1. The summed E-state index contributed by atoms with van der Waals surface area (Å²) >= 11 is 5.92. The van der Waals surface area contributed by atoms with E-state index in [1.807, 2.05) is 19.1 Å². The second-order valence-electron chi connectivity index (χ2n) is 4.98. The maximum atomic E-state index is 11.6. The first-order chi connectivity index (χ1) is 7.99. The van der Waals surface area contributed by atoms with Gasteiger partial charge in [-0.05, 0) is 37.5 Å². The molecule has 4 heteroatoms. The molecule has 0 aromatic heterocycles. The lowest BCUT2D eigenvalue weighted by atomic mass is 9.93. The number of anilines is 1. The Morgan fingerprint density at radius 3 is 2.82 bits per heavy atom. The van der Waals surface area contributed by atoms with Gasteiger partial charge in [-0.25, -0.2) is 0 Å². The van der Waals surface area contributed by atoms with E-state index < -0.39 is 5.54 Å². The summed E-state index contributed by atoms with van der Waals surface area (Å²) in [5.41, 5.74) is 5.64. The number of amides is 1. The number of rotatable bonds is 5. The van der Waals surface area contributed by atoms with Crippen molar-refractivity contribution in [3.05, 3.63) is 29.3 Å².